The van der Waals surface area contributed by atoms with Crippen molar-refractivity contribution in [3.63, 3.8) is 0 Å². The molecule has 0 atom stereocenters. The van der Waals surface area contributed by atoms with Gasteiger partial charge >= 0.3 is 0 Å². The normalized spacial score (nSPS) is 13.2. The number of rotatable bonds is 9. The predicted octanol–water partition coefficient (Wildman–Crippen LogP) is 6.22. The molecule has 0 aliphatic carbocycles. The third kappa shape index (κ3) is 6.11. The standard InChI is InChI=1S/C30H26ClN7O4S2/c1-42-26-9-5-4-8-25(26)37-28(22-6-2-3-7-23(22)31)33-34-30(37)44-19-27-32-24(18-43-27)29(39)36-16-14-35(15-17-36)20-10-12-21(13-11-20)38(40)41/h2-13,18H,14-17,19H2,1H3. The molecule has 0 N–H and O–H groups in total. The number of methoxy groups -OCH3 is 1. The number of amides is 1. The van der Waals surface area contributed by atoms with Gasteiger partial charge in [-0.15, -0.1) is 21.5 Å². The van der Waals surface area contributed by atoms with Crippen LogP contribution in [0.2, 0.25) is 5.02 Å². The molecule has 0 bridgehead atoms. The number of thiazole rings is 1. The summed E-state index contributed by atoms with van der Waals surface area (Å²) in [6, 6.07) is 21.6. The molecule has 0 spiro atoms. The van der Waals surface area contributed by atoms with Crippen LogP contribution >= 0.6 is 34.7 Å². The summed E-state index contributed by atoms with van der Waals surface area (Å²) in [5.74, 6) is 1.63. The van der Waals surface area contributed by atoms with Crippen LogP contribution < -0.4 is 9.64 Å². The maximum atomic E-state index is 13.3. The van der Waals surface area contributed by atoms with E-state index in [0.717, 1.165) is 21.9 Å². The van der Waals surface area contributed by atoms with E-state index in [4.69, 9.17) is 16.3 Å². The molecule has 0 saturated carbocycles. The molecule has 6 rings (SSSR count). The topological polar surface area (TPSA) is 120 Å². The molecule has 3 aromatic carbocycles. The molecule has 11 nitrogen and oxygen atoms in total. The van der Waals surface area contributed by atoms with Crippen molar-refractivity contribution in [2.24, 2.45) is 0 Å². The number of carbonyl (C=O) groups excluding carboxylic acids is 1. The first-order valence-corrected chi connectivity index (χ1v) is 15.9. The van der Waals surface area contributed by atoms with Gasteiger partial charge in [0.2, 0.25) is 0 Å². The number of hydrogen-bond donors (Lipinski definition) is 0. The molecule has 0 radical (unpaired) electrons. The second-order valence-electron chi connectivity index (χ2n) is 9.76. The van der Waals surface area contributed by atoms with Gasteiger partial charge in [0.15, 0.2) is 11.0 Å². The molecular formula is C30H26ClN7O4S2. The highest BCUT2D eigenvalue weighted by Gasteiger charge is 2.25. The number of ether oxygens (including phenoxy) is 1. The van der Waals surface area contributed by atoms with Gasteiger partial charge < -0.3 is 14.5 Å². The highest BCUT2D eigenvalue weighted by atomic mass is 35.5. The van der Waals surface area contributed by atoms with Gasteiger partial charge in [0, 0.05) is 54.9 Å². The SMILES string of the molecule is COc1ccccc1-n1c(SCc2nc(C(=O)N3CCN(c4ccc([N+](=O)[O-])cc4)CC3)cs2)nnc1-c1ccccc1Cl. The quantitative estimate of drug-likeness (QED) is 0.104. The second kappa shape index (κ2) is 13.0. The smallest absolute Gasteiger partial charge is 0.273 e. The van der Waals surface area contributed by atoms with Crippen molar-refractivity contribution < 1.29 is 14.5 Å². The van der Waals surface area contributed by atoms with Crippen molar-refractivity contribution in [2.75, 3.05) is 38.2 Å². The van der Waals surface area contributed by atoms with E-state index < -0.39 is 4.92 Å². The third-order valence-corrected chi connectivity index (χ3v) is 9.46. The zero-order valence-corrected chi connectivity index (χ0v) is 25.9. The van der Waals surface area contributed by atoms with Crippen LogP contribution in [0, 0.1) is 10.1 Å². The molecule has 1 aliphatic rings. The molecule has 2 aromatic heterocycles. The van der Waals surface area contributed by atoms with Gasteiger partial charge in [-0.25, -0.2) is 4.98 Å². The number of hydrogen-bond acceptors (Lipinski definition) is 10. The Balaban J connectivity index is 1.15. The summed E-state index contributed by atoms with van der Waals surface area (Å²) in [5, 5.41) is 23.7. The fourth-order valence-corrected chi connectivity index (χ4v) is 6.88. The molecule has 1 fully saturated rings. The molecule has 5 aromatic rings. The Labute approximate surface area is 266 Å². The molecule has 44 heavy (non-hydrogen) atoms. The second-order valence-corrected chi connectivity index (χ2v) is 12.1. The number of benzene rings is 3. The number of carbonyl (C=O) groups is 1. The molecule has 0 unspecified atom stereocenters. The van der Waals surface area contributed by atoms with Gasteiger partial charge in [0.05, 0.1) is 28.5 Å². The fourth-order valence-electron chi connectivity index (χ4n) is 4.93. The Bertz CT molecular complexity index is 1800. The number of thioether (sulfide) groups is 1. The molecular weight excluding hydrogens is 622 g/mol. The summed E-state index contributed by atoms with van der Waals surface area (Å²) in [7, 11) is 1.62. The fraction of sp³-hybridized carbons (Fsp3) is 0.200. The zero-order valence-electron chi connectivity index (χ0n) is 23.5. The van der Waals surface area contributed by atoms with Crippen LogP contribution in [-0.2, 0) is 5.75 Å². The van der Waals surface area contributed by atoms with E-state index in [9.17, 15) is 14.9 Å². The third-order valence-electron chi connectivity index (χ3n) is 7.16. The van der Waals surface area contributed by atoms with Gasteiger partial charge in [-0.05, 0) is 36.4 Å². The highest BCUT2D eigenvalue weighted by Crippen LogP contribution is 2.36. The summed E-state index contributed by atoms with van der Waals surface area (Å²) < 4.78 is 7.57. The van der Waals surface area contributed by atoms with Crippen LogP contribution in [0.1, 0.15) is 15.5 Å². The molecule has 1 amide bonds. The number of piperazine rings is 1. The lowest BCUT2D eigenvalue weighted by atomic mass is 10.2. The number of nitro benzene ring substituents is 1. The lowest BCUT2D eigenvalue weighted by Crippen LogP contribution is -2.48. The molecule has 1 aliphatic heterocycles. The Morgan fingerprint density at radius 1 is 1.02 bits per heavy atom. The van der Waals surface area contributed by atoms with Gasteiger partial charge in [-0.1, -0.05) is 47.6 Å². The summed E-state index contributed by atoms with van der Waals surface area (Å²) in [4.78, 5) is 32.4. The summed E-state index contributed by atoms with van der Waals surface area (Å²) in [5.41, 5.74) is 2.89. The Morgan fingerprint density at radius 3 is 2.48 bits per heavy atom. The first kappa shape index (κ1) is 29.6. The minimum Gasteiger partial charge on any atom is -0.495 e. The first-order valence-electron chi connectivity index (χ1n) is 13.6. The Hall–Kier alpha value is -4.46. The average molecular weight is 648 g/mol. The predicted molar refractivity (Wildman–Crippen MR) is 171 cm³/mol. The minimum atomic E-state index is -0.412. The number of aromatic nitrogens is 4. The molecule has 224 valence electrons. The minimum absolute atomic E-state index is 0.0566. The number of nitro groups is 1. The van der Waals surface area contributed by atoms with Crippen LogP contribution in [0.15, 0.2) is 83.3 Å². The van der Waals surface area contributed by atoms with Gasteiger partial charge in [0.25, 0.3) is 11.6 Å². The first-order chi connectivity index (χ1) is 21.4. The van der Waals surface area contributed by atoms with Gasteiger partial charge in [-0.2, -0.15) is 0 Å². The van der Waals surface area contributed by atoms with Crippen molar-refractivity contribution in [3.05, 3.63) is 104 Å². The van der Waals surface area contributed by atoms with Crippen molar-refractivity contribution in [2.45, 2.75) is 10.9 Å². The number of anilines is 1. The average Bonchev–Trinajstić information content (AvgIpc) is 3.71. The molecule has 3 heterocycles. The van der Waals surface area contributed by atoms with E-state index in [-0.39, 0.29) is 11.6 Å². The Morgan fingerprint density at radius 2 is 1.75 bits per heavy atom. The summed E-state index contributed by atoms with van der Waals surface area (Å²) in [6.45, 7) is 2.32. The van der Waals surface area contributed by atoms with E-state index in [1.165, 1.54) is 35.2 Å². The number of para-hydroxylation sites is 2. The van der Waals surface area contributed by atoms with E-state index in [0.29, 0.717) is 59.4 Å². The van der Waals surface area contributed by atoms with Crippen LogP contribution in [0.5, 0.6) is 5.75 Å². The van der Waals surface area contributed by atoms with E-state index >= 15 is 0 Å². The van der Waals surface area contributed by atoms with Crippen LogP contribution in [0.4, 0.5) is 11.4 Å². The van der Waals surface area contributed by atoms with E-state index in [2.05, 4.69) is 20.1 Å². The van der Waals surface area contributed by atoms with Crippen LogP contribution in [0.3, 0.4) is 0 Å². The maximum Gasteiger partial charge on any atom is 0.273 e. The van der Waals surface area contributed by atoms with Crippen LogP contribution in [-0.4, -0.2) is 68.8 Å². The molecule has 14 heteroatoms. The van der Waals surface area contributed by atoms with E-state index in [1.54, 1.807) is 29.5 Å². The number of halogens is 1. The summed E-state index contributed by atoms with van der Waals surface area (Å²) in [6.07, 6.45) is 0. The van der Waals surface area contributed by atoms with Crippen LogP contribution in [0.25, 0.3) is 17.1 Å². The van der Waals surface area contributed by atoms with Gasteiger partial charge in [0.1, 0.15) is 16.5 Å². The zero-order chi connectivity index (χ0) is 30.6. The Kier molecular flexibility index (Phi) is 8.77. The van der Waals surface area contributed by atoms with Crippen molar-refractivity contribution in [1.29, 1.82) is 0 Å². The number of non-ortho nitro benzene ring substituents is 1. The lowest BCUT2D eigenvalue weighted by molar-refractivity contribution is -0.384. The lowest BCUT2D eigenvalue weighted by Gasteiger charge is -2.35. The molecule has 1 saturated heterocycles. The largest absolute Gasteiger partial charge is 0.495 e. The van der Waals surface area contributed by atoms with E-state index in [1.807, 2.05) is 53.1 Å². The highest BCUT2D eigenvalue weighted by molar-refractivity contribution is 7.98. The monoisotopic (exact) mass is 647 g/mol. The van der Waals surface area contributed by atoms with Crippen molar-refractivity contribution in [1.82, 2.24) is 24.6 Å². The summed E-state index contributed by atoms with van der Waals surface area (Å²) >= 11 is 9.43. The van der Waals surface area contributed by atoms with Crippen molar-refractivity contribution >= 4 is 52.0 Å². The number of nitrogens with zero attached hydrogens (tertiary/aromatic N) is 7. The maximum absolute atomic E-state index is 13.3. The van der Waals surface area contributed by atoms with Crippen molar-refractivity contribution in [3.8, 4) is 22.8 Å². The van der Waals surface area contributed by atoms with Gasteiger partial charge in [-0.3, -0.25) is 19.5 Å².